The summed E-state index contributed by atoms with van der Waals surface area (Å²) in [7, 11) is 0. The molecule has 0 saturated heterocycles. The molecule has 0 amide bonds. The fourth-order valence-electron chi connectivity index (χ4n) is 3.04. The third-order valence-corrected chi connectivity index (χ3v) is 4.25. The Morgan fingerprint density at radius 2 is 2.20 bits per heavy atom. The molecule has 0 aliphatic heterocycles. The molecule has 0 bridgehead atoms. The molecule has 2 unspecified atom stereocenters. The monoisotopic (exact) mass is 270 g/mol. The molecule has 0 fully saturated rings. The third kappa shape index (κ3) is 2.34. The lowest BCUT2D eigenvalue weighted by molar-refractivity contribution is 0.461. The van der Waals surface area contributed by atoms with Gasteiger partial charge in [-0.1, -0.05) is 18.2 Å². The minimum Gasteiger partial charge on any atom is -0.323 e. The van der Waals surface area contributed by atoms with Crippen LogP contribution in [0.3, 0.4) is 0 Å². The molecule has 20 heavy (non-hydrogen) atoms. The van der Waals surface area contributed by atoms with E-state index in [2.05, 4.69) is 11.1 Å². The maximum Gasteiger partial charge on any atom is 0.126 e. The predicted octanol–water partition coefficient (Wildman–Crippen LogP) is 3.65. The molecular formula is C17H19FN2. The number of benzene rings is 1. The molecule has 0 radical (unpaired) electrons. The highest BCUT2D eigenvalue weighted by Crippen LogP contribution is 2.38. The second-order valence-corrected chi connectivity index (χ2v) is 5.58. The van der Waals surface area contributed by atoms with Gasteiger partial charge in [0.25, 0.3) is 0 Å². The molecule has 2 aromatic rings. The van der Waals surface area contributed by atoms with Gasteiger partial charge in [-0.05, 0) is 55.0 Å². The number of aromatic nitrogens is 1. The predicted molar refractivity (Wildman–Crippen MR) is 78.0 cm³/mol. The molecule has 0 spiro atoms. The van der Waals surface area contributed by atoms with Gasteiger partial charge in [-0.25, -0.2) is 4.39 Å². The summed E-state index contributed by atoms with van der Waals surface area (Å²) >= 11 is 0. The Labute approximate surface area is 118 Å². The first kappa shape index (κ1) is 13.3. The maximum absolute atomic E-state index is 13.7. The van der Waals surface area contributed by atoms with Crippen LogP contribution in [0.15, 0.2) is 36.5 Å². The summed E-state index contributed by atoms with van der Waals surface area (Å²) in [4.78, 5) is 4.51. The summed E-state index contributed by atoms with van der Waals surface area (Å²) in [6.45, 7) is 1.77. The molecule has 2 N–H and O–H groups in total. The lowest BCUT2D eigenvalue weighted by Crippen LogP contribution is -2.24. The summed E-state index contributed by atoms with van der Waals surface area (Å²) in [6, 6.07) is 9.19. The first-order valence-electron chi connectivity index (χ1n) is 7.12. The number of nitrogens with two attached hydrogens (primary N) is 1. The number of hydrogen-bond donors (Lipinski definition) is 1. The average Bonchev–Trinajstić information content (AvgIpc) is 2.49. The lowest BCUT2D eigenvalue weighted by atomic mass is 9.80. The van der Waals surface area contributed by atoms with Gasteiger partial charge in [-0.15, -0.1) is 0 Å². The smallest absolute Gasteiger partial charge is 0.126 e. The third-order valence-electron chi connectivity index (χ3n) is 4.25. The van der Waals surface area contributed by atoms with Gasteiger partial charge in [-0.3, -0.25) is 4.98 Å². The van der Waals surface area contributed by atoms with Gasteiger partial charge >= 0.3 is 0 Å². The van der Waals surface area contributed by atoms with Crippen LogP contribution in [-0.2, 0) is 6.42 Å². The van der Waals surface area contributed by atoms with E-state index in [1.807, 2.05) is 18.3 Å². The molecule has 3 rings (SSSR count). The molecule has 3 heteroatoms. The largest absolute Gasteiger partial charge is 0.323 e. The van der Waals surface area contributed by atoms with Gasteiger partial charge in [0.2, 0.25) is 0 Å². The normalized spacial score (nSPS) is 19.4. The van der Waals surface area contributed by atoms with Crippen LogP contribution >= 0.6 is 0 Å². The lowest BCUT2D eigenvalue weighted by Gasteiger charge is -2.29. The molecule has 1 aromatic heterocycles. The Balaban J connectivity index is 1.95. The number of fused-ring (bicyclic) bond motifs is 1. The number of nitrogens with zero attached hydrogens (tertiary/aromatic N) is 1. The van der Waals surface area contributed by atoms with Crippen LogP contribution in [0, 0.1) is 12.7 Å². The topological polar surface area (TPSA) is 38.9 Å². The summed E-state index contributed by atoms with van der Waals surface area (Å²) in [5.74, 6) is -0.00272. The number of halogens is 1. The molecule has 2 nitrogen and oxygen atoms in total. The van der Waals surface area contributed by atoms with Crippen molar-refractivity contribution in [2.75, 3.05) is 0 Å². The molecule has 0 saturated carbocycles. The van der Waals surface area contributed by atoms with Gasteiger partial charge in [0, 0.05) is 23.9 Å². The van der Waals surface area contributed by atoms with Crippen molar-refractivity contribution < 1.29 is 4.39 Å². The van der Waals surface area contributed by atoms with Crippen molar-refractivity contribution in [3.05, 3.63) is 64.7 Å². The number of aryl methyl sites for hydroxylation is 2. The van der Waals surface area contributed by atoms with E-state index < -0.39 is 0 Å². The van der Waals surface area contributed by atoms with E-state index in [-0.39, 0.29) is 17.8 Å². The highest BCUT2D eigenvalue weighted by Gasteiger charge is 2.27. The summed E-state index contributed by atoms with van der Waals surface area (Å²) < 4.78 is 13.7. The Hall–Kier alpha value is -1.74. The summed E-state index contributed by atoms with van der Waals surface area (Å²) in [5, 5.41) is 0. The van der Waals surface area contributed by atoms with Gasteiger partial charge in [-0.2, -0.15) is 0 Å². The van der Waals surface area contributed by atoms with E-state index in [0.29, 0.717) is 5.56 Å². The quantitative estimate of drug-likeness (QED) is 0.904. The van der Waals surface area contributed by atoms with E-state index in [1.54, 1.807) is 19.1 Å². The van der Waals surface area contributed by atoms with Crippen LogP contribution in [0.4, 0.5) is 4.39 Å². The first-order valence-corrected chi connectivity index (χ1v) is 7.12. The standard InChI is InChI=1S/C17H19FN2/c1-11-7-8-13(10-15(11)18)16(19)14-6-2-4-12-5-3-9-20-17(12)14/h3,5,7-10,14,16H,2,4,6,19H2,1H3. The molecular weight excluding hydrogens is 251 g/mol. The highest BCUT2D eigenvalue weighted by molar-refractivity contribution is 5.32. The Morgan fingerprint density at radius 3 is 3.00 bits per heavy atom. The van der Waals surface area contributed by atoms with E-state index >= 15 is 0 Å². The minimum atomic E-state index is -0.195. The van der Waals surface area contributed by atoms with Crippen LogP contribution in [0.5, 0.6) is 0 Å². The van der Waals surface area contributed by atoms with Crippen LogP contribution in [0.2, 0.25) is 0 Å². The summed E-state index contributed by atoms with van der Waals surface area (Å²) in [6.07, 6.45) is 5.01. The molecule has 1 aliphatic rings. The number of rotatable bonds is 2. The molecule has 2 atom stereocenters. The minimum absolute atomic E-state index is 0.182. The van der Waals surface area contributed by atoms with Gasteiger partial charge < -0.3 is 5.73 Å². The van der Waals surface area contributed by atoms with E-state index in [4.69, 9.17) is 5.73 Å². The van der Waals surface area contributed by atoms with Crippen molar-refractivity contribution >= 4 is 0 Å². The molecule has 1 aliphatic carbocycles. The van der Waals surface area contributed by atoms with Crippen molar-refractivity contribution in [3.8, 4) is 0 Å². The summed E-state index contributed by atoms with van der Waals surface area (Å²) in [5.41, 5.74) is 10.3. The van der Waals surface area contributed by atoms with Crippen LogP contribution < -0.4 is 5.73 Å². The average molecular weight is 270 g/mol. The Morgan fingerprint density at radius 1 is 1.35 bits per heavy atom. The maximum atomic E-state index is 13.7. The van der Waals surface area contributed by atoms with E-state index in [1.165, 1.54) is 5.56 Å². The highest BCUT2D eigenvalue weighted by atomic mass is 19.1. The van der Waals surface area contributed by atoms with Crippen molar-refractivity contribution in [2.45, 2.75) is 38.1 Å². The number of pyridine rings is 1. The van der Waals surface area contributed by atoms with E-state index in [9.17, 15) is 4.39 Å². The zero-order valence-electron chi connectivity index (χ0n) is 11.6. The Kier molecular flexibility index (Phi) is 3.53. The first-order chi connectivity index (χ1) is 9.66. The van der Waals surface area contributed by atoms with Gasteiger partial charge in [0.05, 0.1) is 0 Å². The zero-order valence-corrected chi connectivity index (χ0v) is 11.6. The van der Waals surface area contributed by atoms with Gasteiger partial charge in [0.15, 0.2) is 0 Å². The SMILES string of the molecule is Cc1ccc(C(N)C2CCCc3cccnc32)cc1F. The second-order valence-electron chi connectivity index (χ2n) is 5.58. The van der Waals surface area contributed by atoms with Gasteiger partial charge in [0.1, 0.15) is 5.82 Å². The van der Waals surface area contributed by atoms with Crippen LogP contribution in [0.1, 0.15) is 47.2 Å². The van der Waals surface area contributed by atoms with Crippen molar-refractivity contribution in [2.24, 2.45) is 5.73 Å². The van der Waals surface area contributed by atoms with Crippen molar-refractivity contribution in [3.63, 3.8) is 0 Å². The molecule has 1 heterocycles. The second kappa shape index (κ2) is 5.33. The van der Waals surface area contributed by atoms with Crippen LogP contribution in [0.25, 0.3) is 0 Å². The fourth-order valence-corrected chi connectivity index (χ4v) is 3.04. The van der Waals surface area contributed by atoms with Crippen LogP contribution in [-0.4, -0.2) is 4.98 Å². The molecule has 104 valence electrons. The Bertz CT molecular complexity index is 624. The van der Waals surface area contributed by atoms with E-state index in [0.717, 1.165) is 30.5 Å². The molecule has 1 aromatic carbocycles. The fraction of sp³-hybridized carbons (Fsp3) is 0.353. The van der Waals surface area contributed by atoms with Crippen molar-refractivity contribution in [1.29, 1.82) is 0 Å². The number of hydrogen-bond acceptors (Lipinski definition) is 2. The zero-order chi connectivity index (χ0) is 14.1. The van der Waals surface area contributed by atoms with Crippen molar-refractivity contribution in [1.82, 2.24) is 4.98 Å².